The number of nitrogens with zero attached hydrogens (tertiary/aromatic N) is 4. The lowest BCUT2D eigenvalue weighted by atomic mass is 10.1. The molecule has 0 radical (unpaired) electrons. The summed E-state index contributed by atoms with van der Waals surface area (Å²) in [7, 11) is 0. The molecule has 0 aliphatic carbocycles. The van der Waals surface area contributed by atoms with E-state index >= 15 is 0 Å². The number of halogens is 4. The van der Waals surface area contributed by atoms with Gasteiger partial charge in [0.05, 0.1) is 18.1 Å². The van der Waals surface area contributed by atoms with Crippen LogP contribution in [0, 0.1) is 5.82 Å². The van der Waals surface area contributed by atoms with Crippen molar-refractivity contribution in [3.63, 3.8) is 0 Å². The van der Waals surface area contributed by atoms with E-state index in [2.05, 4.69) is 25.1 Å². The van der Waals surface area contributed by atoms with Crippen LogP contribution < -0.4 is 10.1 Å². The molecule has 1 amide bonds. The largest absolute Gasteiger partial charge is 0.573 e. The molecule has 1 N–H and O–H groups in total. The molecule has 0 spiro atoms. The highest BCUT2D eigenvalue weighted by Crippen LogP contribution is 2.32. The third kappa shape index (κ3) is 4.04. The Morgan fingerprint density at radius 2 is 1.80 bits per heavy atom. The lowest BCUT2D eigenvalue weighted by Gasteiger charge is -2.13. The average Bonchev–Trinajstić information content (AvgIpc) is 3.12. The zero-order valence-electron chi connectivity index (χ0n) is 14.9. The number of carbonyl (C=O) groups is 1. The van der Waals surface area contributed by atoms with Crippen LogP contribution >= 0.6 is 0 Å². The Kier molecular flexibility index (Phi) is 4.78. The van der Waals surface area contributed by atoms with Gasteiger partial charge < -0.3 is 10.1 Å². The van der Waals surface area contributed by atoms with Gasteiger partial charge in [-0.25, -0.2) is 18.9 Å². The van der Waals surface area contributed by atoms with Crippen LogP contribution in [0.25, 0.3) is 16.9 Å². The minimum atomic E-state index is -4.87. The summed E-state index contributed by atoms with van der Waals surface area (Å²) in [6.07, 6.45) is -2.68. The number of carbonyl (C=O) groups excluding carboxylic acids is 1. The number of alkyl halides is 3. The van der Waals surface area contributed by atoms with Gasteiger partial charge in [0.25, 0.3) is 5.91 Å². The topological polar surface area (TPSA) is 81.4 Å². The highest BCUT2D eigenvalue weighted by Gasteiger charge is 2.32. The van der Waals surface area contributed by atoms with Crippen molar-refractivity contribution < 1.29 is 27.1 Å². The van der Waals surface area contributed by atoms with Gasteiger partial charge in [-0.1, -0.05) is 12.1 Å². The number of aromatic nitrogens is 4. The summed E-state index contributed by atoms with van der Waals surface area (Å²) in [5.41, 5.74) is 0.517. The highest BCUT2D eigenvalue weighted by molar-refractivity contribution is 6.02. The first-order chi connectivity index (χ1) is 14.3. The quantitative estimate of drug-likeness (QED) is 0.506. The molecule has 0 unspecified atom stereocenters. The number of pyridine rings is 1. The van der Waals surface area contributed by atoms with Gasteiger partial charge in [0.2, 0.25) is 0 Å². The molecule has 4 rings (SSSR count). The molecule has 11 heteroatoms. The van der Waals surface area contributed by atoms with Crippen LogP contribution in [0.3, 0.4) is 0 Å². The number of hydrogen-bond donors (Lipinski definition) is 1. The predicted octanol–water partition coefficient (Wildman–Crippen LogP) is 4.08. The number of rotatable bonds is 4. The van der Waals surface area contributed by atoms with Gasteiger partial charge in [0.15, 0.2) is 11.3 Å². The predicted molar refractivity (Wildman–Crippen MR) is 97.3 cm³/mol. The van der Waals surface area contributed by atoms with Crippen LogP contribution in [-0.2, 0) is 0 Å². The third-order valence-electron chi connectivity index (χ3n) is 3.95. The van der Waals surface area contributed by atoms with E-state index in [-0.39, 0.29) is 22.8 Å². The SMILES string of the molecule is O=C(Nc1ccc(F)cn1)c1cnc2ccc(-c3ccccc3OC(F)(F)F)nn12. The summed E-state index contributed by atoms with van der Waals surface area (Å²) in [5.74, 6) is -1.52. The van der Waals surface area contributed by atoms with Crippen LogP contribution in [0.4, 0.5) is 23.4 Å². The molecule has 152 valence electrons. The fraction of sp³-hybridized carbons (Fsp3) is 0.0526. The number of nitrogens with one attached hydrogen (secondary N) is 1. The summed E-state index contributed by atoms with van der Waals surface area (Å²) in [6, 6.07) is 10.9. The van der Waals surface area contributed by atoms with E-state index in [0.29, 0.717) is 5.65 Å². The van der Waals surface area contributed by atoms with Gasteiger partial charge in [0.1, 0.15) is 17.4 Å². The van der Waals surface area contributed by atoms with E-state index in [1.54, 1.807) is 0 Å². The second kappa shape index (κ2) is 7.43. The van der Waals surface area contributed by atoms with Crippen molar-refractivity contribution in [2.24, 2.45) is 0 Å². The Hall–Kier alpha value is -4.02. The normalized spacial score (nSPS) is 11.5. The molecular formula is C19H11F4N5O2. The maximum Gasteiger partial charge on any atom is 0.573 e. The van der Waals surface area contributed by atoms with Crippen molar-refractivity contribution in [3.8, 4) is 17.0 Å². The Morgan fingerprint density at radius 1 is 1.00 bits per heavy atom. The van der Waals surface area contributed by atoms with Crippen molar-refractivity contribution in [1.29, 1.82) is 0 Å². The number of anilines is 1. The lowest BCUT2D eigenvalue weighted by Crippen LogP contribution is -2.18. The third-order valence-corrected chi connectivity index (χ3v) is 3.95. The zero-order valence-corrected chi connectivity index (χ0v) is 14.9. The van der Waals surface area contributed by atoms with E-state index in [1.165, 1.54) is 47.1 Å². The first-order valence-electron chi connectivity index (χ1n) is 8.43. The van der Waals surface area contributed by atoms with Gasteiger partial charge in [-0.3, -0.25) is 4.79 Å². The second-order valence-corrected chi connectivity index (χ2v) is 5.99. The smallest absolute Gasteiger partial charge is 0.405 e. The van der Waals surface area contributed by atoms with Crippen molar-refractivity contribution in [2.45, 2.75) is 6.36 Å². The van der Waals surface area contributed by atoms with E-state index in [1.807, 2.05) is 0 Å². The number of hydrogen-bond acceptors (Lipinski definition) is 5. The van der Waals surface area contributed by atoms with Gasteiger partial charge in [-0.05, 0) is 36.4 Å². The molecule has 7 nitrogen and oxygen atoms in total. The maximum atomic E-state index is 13.0. The van der Waals surface area contributed by atoms with E-state index in [0.717, 1.165) is 18.3 Å². The zero-order chi connectivity index (χ0) is 21.3. The fourth-order valence-electron chi connectivity index (χ4n) is 2.69. The van der Waals surface area contributed by atoms with Crippen LogP contribution in [-0.4, -0.2) is 31.9 Å². The van der Waals surface area contributed by atoms with Crippen molar-refractivity contribution >= 4 is 17.4 Å². The first-order valence-corrected chi connectivity index (χ1v) is 8.43. The van der Waals surface area contributed by atoms with Crippen LogP contribution in [0.2, 0.25) is 0 Å². The Balaban J connectivity index is 1.70. The second-order valence-electron chi connectivity index (χ2n) is 5.99. The highest BCUT2D eigenvalue weighted by atomic mass is 19.4. The molecule has 0 bridgehead atoms. The molecule has 3 aromatic heterocycles. The number of imidazole rings is 1. The Morgan fingerprint density at radius 3 is 2.53 bits per heavy atom. The molecule has 4 aromatic rings. The number of para-hydroxylation sites is 1. The fourth-order valence-corrected chi connectivity index (χ4v) is 2.69. The minimum Gasteiger partial charge on any atom is -0.405 e. The molecule has 0 fully saturated rings. The maximum absolute atomic E-state index is 13.0. The molecule has 0 aliphatic heterocycles. The molecule has 30 heavy (non-hydrogen) atoms. The Labute approximate surface area is 166 Å². The van der Waals surface area contributed by atoms with Gasteiger partial charge in [0, 0.05) is 5.56 Å². The number of benzene rings is 1. The summed E-state index contributed by atoms with van der Waals surface area (Å²) in [5, 5.41) is 6.71. The van der Waals surface area contributed by atoms with Gasteiger partial charge in [-0.2, -0.15) is 5.10 Å². The standard InChI is InChI=1S/C19H11F4N5O2/c20-11-5-7-16(24-9-11)26-18(29)14-10-25-17-8-6-13(27-28(14)17)12-3-1-2-4-15(12)30-19(21,22)23/h1-10H,(H,24,26,29). The number of fused-ring (bicyclic) bond motifs is 1. The van der Waals surface area contributed by atoms with E-state index in [9.17, 15) is 22.4 Å². The Bertz CT molecular complexity index is 1220. The summed E-state index contributed by atoms with van der Waals surface area (Å²) < 4.78 is 56.3. The number of amides is 1. The summed E-state index contributed by atoms with van der Waals surface area (Å²) in [6.45, 7) is 0. The monoisotopic (exact) mass is 417 g/mol. The summed E-state index contributed by atoms with van der Waals surface area (Å²) >= 11 is 0. The molecule has 0 aliphatic rings. The molecular weight excluding hydrogens is 406 g/mol. The molecule has 0 saturated heterocycles. The van der Waals surface area contributed by atoms with E-state index in [4.69, 9.17) is 0 Å². The van der Waals surface area contributed by atoms with Crippen LogP contribution in [0.1, 0.15) is 10.5 Å². The van der Waals surface area contributed by atoms with E-state index < -0.39 is 23.8 Å². The molecule has 1 aromatic carbocycles. The van der Waals surface area contributed by atoms with Crippen molar-refractivity contribution in [2.75, 3.05) is 5.32 Å². The summed E-state index contributed by atoms with van der Waals surface area (Å²) in [4.78, 5) is 20.4. The van der Waals surface area contributed by atoms with Crippen molar-refractivity contribution in [1.82, 2.24) is 19.6 Å². The molecule has 0 atom stereocenters. The van der Waals surface area contributed by atoms with Gasteiger partial charge >= 0.3 is 6.36 Å². The van der Waals surface area contributed by atoms with Crippen LogP contribution in [0.5, 0.6) is 5.75 Å². The lowest BCUT2D eigenvalue weighted by molar-refractivity contribution is -0.274. The molecule has 3 heterocycles. The average molecular weight is 417 g/mol. The minimum absolute atomic E-state index is 0.00666. The van der Waals surface area contributed by atoms with Crippen LogP contribution in [0.15, 0.2) is 60.9 Å². The molecule has 0 saturated carbocycles. The first kappa shape index (κ1) is 19.3. The van der Waals surface area contributed by atoms with Gasteiger partial charge in [-0.15, -0.1) is 13.2 Å². The number of ether oxygens (including phenoxy) is 1. The van der Waals surface area contributed by atoms with Crippen molar-refractivity contribution in [3.05, 3.63) is 72.4 Å².